The van der Waals surface area contributed by atoms with Crippen molar-refractivity contribution in [3.63, 3.8) is 0 Å². The van der Waals surface area contributed by atoms with E-state index in [0.717, 1.165) is 16.9 Å². The molecule has 0 fully saturated rings. The monoisotopic (exact) mass is 587 g/mol. The molecule has 0 radical (unpaired) electrons. The van der Waals surface area contributed by atoms with Gasteiger partial charge in [0.05, 0.1) is 40.1 Å². The smallest absolute Gasteiger partial charge is 0.338 e. The van der Waals surface area contributed by atoms with E-state index in [0.29, 0.717) is 42.5 Å². The molecule has 0 N–H and O–H groups in total. The van der Waals surface area contributed by atoms with E-state index in [1.165, 1.54) is 16.7 Å². The highest BCUT2D eigenvalue weighted by molar-refractivity contribution is 7.07. The Kier molecular flexibility index (Phi) is 8.15. The van der Waals surface area contributed by atoms with E-state index in [2.05, 4.69) is 11.1 Å². The minimum absolute atomic E-state index is 0.149. The van der Waals surface area contributed by atoms with Gasteiger partial charge < -0.3 is 9.47 Å². The summed E-state index contributed by atoms with van der Waals surface area (Å²) in [5.41, 5.74) is 2.80. The van der Waals surface area contributed by atoms with Gasteiger partial charge in [0.15, 0.2) is 4.80 Å². The minimum Gasteiger partial charge on any atom is -0.488 e. The van der Waals surface area contributed by atoms with E-state index < -0.39 is 17.8 Å². The molecule has 2 heterocycles. The van der Waals surface area contributed by atoms with E-state index in [-0.39, 0.29) is 24.3 Å². The number of hydrogen-bond acceptors (Lipinski definition) is 7. The Bertz CT molecular complexity index is 1890. The zero-order chi connectivity index (χ0) is 29.1. The fourth-order valence-electron chi connectivity index (χ4n) is 4.49. The molecule has 1 aromatic heterocycles. The first kappa shape index (κ1) is 28.0. The predicted octanol–water partition coefficient (Wildman–Crippen LogP) is 5.04. The third-order valence-corrected chi connectivity index (χ3v) is 7.66. The number of esters is 1. The fourth-order valence-corrected chi connectivity index (χ4v) is 5.71. The van der Waals surface area contributed by atoms with Crippen molar-refractivity contribution in [1.82, 2.24) is 4.57 Å². The van der Waals surface area contributed by atoms with E-state index in [1.807, 2.05) is 12.1 Å². The van der Waals surface area contributed by atoms with Crippen LogP contribution in [-0.4, -0.2) is 17.1 Å². The van der Waals surface area contributed by atoms with E-state index in [9.17, 15) is 14.0 Å². The topological polar surface area (TPSA) is 93.7 Å². The van der Waals surface area contributed by atoms with Crippen molar-refractivity contribution >= 4 is 35.0 Å². The Morgan fingerprint density at radius 2 is 1.90 bits per heavy atom. The first-order valence-electron chi connectivity index (χ1n) is 12.7. The second-order valence-electron chi connectivity index (χ2n) is 9.13. The van der Waals surface area contributed by atoms with Crippen molar-refractivity contribution in [3.05, 3.63) is 131 Å². The maximum atomic E-state index is 13.9. The normalized spacial score (nSPS) is 14.7. The molecule has 0 bridgehead atoms. The molecule has 5 rings (SSSR count). The van der Waals surface area contributed by atoms with Gasteiger partial charge in [-0.15, -0.1) is 0 Å². The minimum atomic E-state index is -0.848. The van der Waals surface area contributed by atoms with E-state index in [4.69, 9.17) is 26.3 Å². The summed E-state index contributed by atoms with van der Waals surface area (Å²) in [6, 6.07) is 19.1. The standard InChI is InChI=1S/C31H23ClFN3O4S/c1-3-39-30(38)27-18(2)35-31-36(28(27)21-8-11-24(33)12-9-21)29(37)26(41-31)15-22-14-23(32)10-13-25(22)40-17-20-6-4-19(16-34)5-7-20/h4-15,28H,3,17H2,1-2H3. The van der Waals surface area contributed by atoms with Crippen molar-refractivity contribution in [2.24, 2.45) is 4.99 Å². The van der Waals surface area contributed by atoms with Gasteiger partial charge >= 0.3 is 5.97 Å². The summed E-state index contributed by atoms with van der Waals surface area (Å²) in [6.07, 6.45) is 1.68. The Labute approximate surface area is 243 Å². The van der Waals surface area contributed by atoms with Crippen LogP contribution < -0.4 is 19.6 Å². The van der Waals surface area contributed by atoms with Gasteiger partial charge in [-0.1, -0.05) is 47.2 Å². The maximum Gasteiger partial charge on any atom is 0.338 e. The van der Waals surface area contributed by atoms with Crippen LogP contribution in [-0.2, 0) is 16.1 Å². The third-order valence-electron chi connectivity index (χ3n) is 6.44. The maximum absolute atomic E-state index is 13.9. The predicted molar refractivity (Wildman–Crippen MR) is 154 cm³/mol. The third kappa shape index (κ3) is 5.85. The molecule has 0 aliphatic carbocycles. The second kappa shape index (κ2) is 11.9. The van der Waals surface area contributed by atoms with Gasteiger partial charge in [-0.3, -0.25) is 9.36 Å². The van der Waals surface area contributed by atoms with Crippen LogP contribution in [0, 0.1) is 17.1 Å². The lowest BCUT2D eigenvalue weighted by atomic mass is 9.96. The number of nitrogens with zero attached hydrogens (tertiary/aromatic N) is 3. The highest BCUT2D eigenvalue weighted by Gasteiger charge is 2.33. The molecule has 1 unspecified atom stereocenters. The van der Waals surface area contributed by atoms with Crippen LogP contribution in [0.5, 0.6) is 5.75 Å². The Balaban J connectivity index is 1.59. The van der Waals surface area contributed by atoms with Gasteiger partial charge in [0.1, 0.15) is 18.2 Å². The van der Waals surface area contributed by atoms with Gasteiger partial charge in [0, 0.05) is 10.6 Å². The molecule has 1 aliphatic rings. The Hall–Kier alpha value is -4.52. The van der Waals surface area contributed by atoms with Crippen LogP contribution in [0.2, 0.25) is 5.02 Å². The molecule has 3 aromatic carbocycles. The highest BCUT2D eigenvalue weighted by atomic mass is 35.5. The van der Waals surface area contributed by atoms with Crippen LogP contribution in [0.15, 0.2) is 87.8 Å². The van der Waals surface area contributed by atoms with Gasteiger partial charge in [-0.2, -0.15) is 5.26 Å². The van der Waals surface area contributed by atoms with E-state index >= 15 is 0 Å². The van der Waals surface area contributed by atoms with Crippen LogP contribution in [0.4, 0.5) is 4.39 Å². The number of nitriles is 1. The molecule has 0 spiro atoms. The average molecular weight is 588 g/mol. The summed E-state index contributed by atoms with van der Waals surface area (Å²) in [4.78, 5) is 31.8. The quantitative estimate of drug-likeness (QED) is 0.282. The summed E-state index contributed by atoms with van der Waals surface area (Å²) in [7, 11) is 0. The molecular weight excluding hydrogens is 565 g/mol. The summed E-state index contributed by atoms with van der Waals surface area (Å²) in [6.45, 7) is 3.77. The molecule has 7 nitrogen and oxygen atoms in total. The first-order valence-corrected chi connectivity index (χ1v) is 13.8. The Morgan fingerprint density at radius 3 is 2.59 bits per heavy atom. The second-order valence-corrected chi connectivity index (χ2v) is 10.6. The molecule has 0 saturated carbocycles. The van der Waals surface area contributed by atoms with Crippen molar-refractivity contribution in [2.75, 3.05) is 6.61 Å². The van der Waals surface area contributed by atoms with Gasteiger partial charge in [-0.05, 0) is 73.5 Å². The van der Waals surface area contributed by atoms with Crippen LogP contribution in [0.3, 0.4) is 0 Å². The lowest BCUT2D eigenvalue weighted by Gasteiger charge is -2.24. The number of hydrogen-bond donors (Lipinski definition) is 0. The number of benzene rings is 3. The van der Waals surface area contributed by atoms with Crippen LogP contribution >= 0.6 is 22.9 Å². The SMILES string of the molecule is CCOC(=O)C1=C(C)N=c2sc(=Cc3cc(Cl)ccc3OCc3ccc(C#N)cc3)c(=O)n2C1c1ccc(F)cc1. The van der Waals surface area contributed by atoms with Gasteiger partial charge in [0.2, 0.25) is 0 Å². The molecule has 206 valence electrons. The van der Waals surface area contributed by atoms with Crippen molar-refractivity contribution in [2.45, 2.75) is 26.5 Å². The summed E-state index contributed by atoms with van der Waals surface area (Å²) in [5.74, 6) is -0.525. The lowest BCUT2D eigenvalue weighted by molar-refractivity contribution is -0.139. The molecule has 0 amide bonds. The number of ether oxygens (including phenoxy) is 2. The number of thiazole rings is 1. The number of aromatic nitrogens is 1. The molecular formula is C31H23ClFN3O4S. The number of carbonyl (C=O) groups excluding carboxylic acids is 1. The number of rotatable bonds is 7. The van der Waals surface area contributed by atoms with Gasteiger partial charge in [-0.25, -0.2) is 14.2 Å². The number of carbonyl (C=O) groups is 1. The average Bonchev–Trinajstić information content (AvgIpc) is 3.26. The van der Waals surface area contributed by atoms with Crippen molar-refractivity contribution < 1.29 is 18.7 Å². The highest BCUT2D eigenvalue weighted by Crippen LogP contribution is 2.31. The lowest BCUT2D eigenvalue weighted by Crippen LogP contribution is -2.39. The zero-order valence-electron chi connectivity index (χ0n) is 22.1. The summed E-state index contributed by atoms with van der Waals surface area (Å²) < 4.78 is 26.9. The zero-order valence-corrected chi connectivity index (χ0v) is 23.6. The number of allylic oxidation sites excluding steroid dienone is 1. The fraction of sp³-hybridized carbons (Fsp3) is 0.161. The van der Waals surface area contributed by atoms with Crippen LogP contribution in [0.1, 0.15) is 42.1 Å². The molecule has 10 heteroatoms. The van der Waals surface area contributed by atoms with Gasteiger partial charge in [0.25, 0.3) is 5.56 Å². The first-order chi connectivity index (χ1) is 19.8. The Morgan fingerprint density at radius 1 is 1.17 bits per heavy atom. The molecule has 0 saturated heterocycles. The molecule has 1 aliphatic heterocycles. The summed E-state index contributed by atoms with van der Waals surface area (Å²) in [5, 5.41) is 9.48. The van der Waals surface area contributed by atoms with Crippen molar-refractivity contribution in [3.8, 4) is 11.8 Å². The number of fused-ring (bicyclic) bond motifs is 1. The summed E-state index contributed by atoms with van der Waals surface area (Å²) >= 11 is 7.46. The number of halogens is 2. The molecule has 1 atom stereocenters. The molecule has 41 heavy (non-hydrogen) atoms. The van der Waals surface area contributed by atoms with Crippen LogP contribution in [0.25, 0.3) is 6.08 Å². The molecule has 4 aromatic rings. The largest absolute Gasteiger partial charge is 0.488 e. The van der Waals surface area contributed by atoms with E-state index in [1.54, 1.807) is 62.4 Å². The van der Waals surface area contributed by atoms with Crippen molar-refractivity contribution in [1.29, 1.82) is 5.26 Å².